The third-order valence-electron chi connectivity index (χ3n) is 3.70. The molecule has 3 nitrogen and oxygen atoms in total. The Bertz CT molecular complexity index is 347. The lowest BCUT2D eigenvalue weighted by Gasteiger charge is -2.33. The van der Waals surface area contributed by atoms with E-state index in [1.54, 1.807) is 0 Å². The van der Waals surface area contributed by atoms with Crippen LogP contribution in [0, 0.1) is 0 Å². The van der Waals surface area contributed by atoms with Crippen LogP contribution in [0.5, 0.6) is 0 Å². The van der Waals surface area contributed by atoms with Gasteiger partial charge in [-0.3, -0.25) is 4.90 Å². The van der Waals surface area contributed by atoms with Crippen LogP contribution in [-0.4, -0.2) is 24.0 Å². The third-order valence-corrected chi connectivity index (χ3v) is 4.13. The molecule has 0 saturated heterocycles. The van der Waals surface area contributed by atoms with Gasteiger partial charge in [0.25, 0.3) is 0 Å². The van der Waals surface area contributed by atoms with Crippen molar-refractivity contribution in [1.29, 1.82) is 0 Å². The second kappa shape index (κ2) is 6.03. The van der Waals surface area contributed by atoms with E-state index in [0.29, 0.717) is 12.6 Å². The van der Waals surface area contributed by atoms with Crippen molar-refractivity contribution in [2.75, 3.05) is 13.1 Å². The average Bonchev–Trinajstić information content (AvgIpc) is 2.96. The van der Waals surface area contributed by atoms with E-state index in [4.69, 9.17) is 10.2 Å². The normalized spacial score (nSPS) is 19.1. The maximum absolute atomic E-state index is 5.94. The number of hydrogen-bond donors (Lipinski definition) is 1. The molecule has 1 aromatic rings. The van der Waals surface area contributed by atoms with Gasteiger partial charge in [0.2, 0.25) is 0 Å². The van der Waals surface area contributed by atoms with E-state index in [9.17, 15) is 0 Å². The second-order valence-electron chi connectivity index (χ2n) is 4.66. The van der Waals surface area contributed by atoms with Gasteiger partial charge in [-0.2, -0.15) is 0 Å². The number of halogens is 1. The number of nitrogens with two attached hydrogens (primary N) is 1. The zero-order valence-corrected chi connectivity index (χ0v) is 11.9. The number of rotatable bonds is 5. The van der Waals surface area contributed by atoms with Gasteiger partial charge in [0.1, 0.15) is 5.76 Å². The Labute approximate surface area is 111 Å². The SMILES string of the molecule is CCN(C1CCCC1)C(CN)c1ccc(Br)o1. The smallest absolute Gasteiger partial charge is 0.169 e. The molecule has 4 heteroatoms. The summed E-state index contributed by atoms with van der Waals surface area (Å²) in [6.45, 7) is 3.86. The van der Waals surface area contributed by atoms with Gasteiger partial charge in [-0.05, 0) is 47.4 Å². The zero-order valence-electron chi connectivity index (χ0n) is 10.4. The molecule has 0 amide bonds. The Kier molecular flexibility index (Phi) is 4.65. The van der Waals surface area contributed by atoms with Crippen LogP contribution >= 0.6 is 15.9 Å². The molecular weight excluding hydrogens is 280 g/mol. The lowest BCUT2D eigenvalue weighted by atomic mass is 10.1. The summed E-state index contributed by atoms with van der Waals surface area (Å²) in [6, 6.07) is 4.87. The Hall–Kier alpha value is -0.320. The zero-order chi connectivity index (χ0) is 12.3. The Balaban J connectivity index is 2.14. The van der Waals surface area contributed by atoms with Crippen molar-refractivity contribution >= 4 is 15.9 Å². The molecule has 2 N–H and O–H groups in total. The van der Waals surface area contributed by atoms with E-state index in [0.717, 1.165) is 17.0 Å². The molecule has 0 radical (unpaired) electrons. The lowest BCUT2D eigenvalue weighted by molar-refractivity contribution is 0.130. The van der Waals surface area contributed by atoms with E-state index in [1.165, 1.54) is 25.7 Å². The van der Waals surface area contributed by atoms with E-state index < -0.39 is 0 Å². The molecule has 1 aliphatic carbocycles. The third kappa shape index (κ3) is 2.92. The Morgan fingerprint density at radius 2 is 2.18 bits per heavy atom. The first-order valence-corrected chi connectivity index (χ1v) is 7.26. The minimum atomic E-state index is 0.217. The topological polar surface area (TPSA) is 42.4 Å². The number of nitrogens with zero attached hydrogens (tertiary/aromatic N) is 1. The van der Waals surface area contributed by atoms with E-state index in [-0.39, 0.29) is 6.04 Å². The lowest BCUT2D eigenvalue weighted by Crippen LogP contribution is -2.39. The molecule has 0 aromatic carbocycles. The van der Waals surface area contributed by atoms with Crippen LogP contribution < -0.4 is 5.73 Å². The standard InChI is InChI=1S/C13H21BrN2O/c1-2-16(10-5-3-4-6-10)11(9-15)12-7-8-13(14)17-12/h7-8,10-11H,2-6,9,15H2,1H3. The Morgan fingerprint density at radius 1 is 1.47 bits per heavy atom. The molecule has 96 valence electrons. The molecule has 0 aliphatic heterocycles. The van der Waals surface area contributed by atoms with Crippen LogP contribution in [0.1, 0.15) is 44.4 Å². The van der Waals surface area contributed by atoms with Gasteiger partial charge in [-0.1, -0.05) is 19.8 Å². The molecule has 17 heavy (non-hydrogen) atoms. The van der Waals surface area contributed by atoms with Gasteiger partial charge in [-0.15, -0.1) is 0 Å². The fraction of sp³-hybridized carbons (Fsp3) is 0.692. The van der Waals surface area contributed by atoms with Crippen molar-refractivity contribution in [2.24, 2.45) is 5.73 Å². The Morgan fingerprint density at radius 3 is 2.65 bits per heavy atom. The van der Waals surface area contributed by atoms with Crippen LogP contribution in [0.4, 0.5) is 0 Å². The summed E-state index contributed by atoms with van der Waals surface area (Å²) < 4.78 is 6.46. The molecule has 0 spiro atoms. The van der Waals surface area contributed by atoms with Crippen LogP contribution in [0.2, 0.25) is 0 Å². The highest BCUT2D eigenvalue weighted by Gasteiger charge is 2.29. The van der Waals surface area contributed by atoms with Crippen LogP contribution in [0.25, 0.3) is 0 Å². The first kappa shape index (κ1) is 13.1. The molecule has 1 heterocycles. The summed E-state index contributed by atoms with van der Waals surface area (Å²) in [5.41, 5.74) is 5.94. The average molecular weight is 301 g/mol. The minimum Gasteiger partial charge on any atom is -0.453 e. The predicted octanol–water partition coefficient (Wildman–Crippen LogP) is 3.31. The van der Waals surface area contributed by atoms with Crippen LogP contribution in [-0.2, 0) is 0 Å². The summed E-state index contributed by atoms with van der Waals surface area (Å²) in [4.78, 5) is 2.50. The number of hydrogen-bond acceptors (Lipinski definition) is 3. The van der Waals surface area contributed by atoms with E-state index in [1.807, 2.05) is 12.1 Å². The van der Waals surface area contributed by atoms with Crippen molar-refractivity contribution in [3.05, 3.63) is 22.6 Å². The minimum absolute atomic E-state index is 0.217. The largest absolute Gasteiger partial charge is 0.453 e. The maximum Gasteiger partial charge on any atom is 0.169 e. The van der Waals surface area contributed by atoms with Gasteiger partial charge < -0.3 is 10.2 Å². The molecule has 1 fully saturated rings. The monoisotopic (exact) mass is 300 g/mol. The molecule has 1 aromatic heterocycles. The first-order valence-electron chi connectivity index (χ1n) is 6.47. The van der Waals surface area contributed by atoms with Gasteiger partial charge >= 0.3 is 0 Å². The summed E-state index contributed by atoms with van der Waals surface area (Å²) >= 11 is 3.36. The summed E-state index contributed by atoms with van der Waals surface area (Å²) in [5, 5.41) is 0. The maximum atomic E-state index is 5.94. The highest BCUT2D eigenvalue weighted by molar-refractivity contribution is 9.10. The molecule has 2 rings (SSSR count). The van der Waals surface area contributed by atoms with Gasteiger partial charge in [0.15, 0.2) is 4.67 Å². The fourth-order valence-corrected chi connectivity index (χ4v) is 3.21. The van der Waals surface area contributed by atoms with Gasteiger partial charge in [0.05, 0.1) is 6.04 Å². The van der Waals surface area contributed by atoms with E-state index >= 15 is 0 Å². The molecular formula is C13H21BrN2O. The molecule has 0 bridgehead atoms. The van der Waals surface area contributed by atoms with Crippen LogP contribution in [0.3, 0.4) is 0 Å². The van der Waals surface area contributed by atoms with E-state index in [2.05, 4.69) is 27.8 Å². The highest BCUT2D eigenvalue weighted by Crippen LogP contribution is 2.31. The quantitative estimate of drug-likeness (QED) is 0.907. The van der Waals surface area contributed by atoms with Gasteiger partial charge in [-0.25, -0.2) is 0 Å². The van der Waals surface area contributed by atoms with Crippen LogP contribution in [0.15, 0.2) is 21.2 Å². The van der Waals surface area contributed by atoms with Crippen molar-refractivity contribution in [2.45, 2.75) is 44.7 Å². The summed E-state index contributed by atoms with van der Waals surface area (Å²) in [7, 11) is 0. The van der Waals surface area contributed by atoms with Crippen molar-refractivity contribution in [1.82, 2.24) is 4.90 Å². The fourth-order valence-electron chi connectivity index (χ4n) is 2.89. The molecule has 1 saturated carbocycles. The summed E-state index contributed by atoms with van der Waals surface area (Å²) in [6.07, 6.45) is 5.29. The van der Waals surface area contributed by atoms with Gasteiger partial charge in [0, 0.05) is 12.6 Å². The molecule has 1 unspecified atom stereocenters. The number of furan rings is 1. The molecule has 1 atom stereocenters. The van der Waals surface area contributed by atoms with Crippen molar-refractivity contribution in [3.8, 4) is 0 Å². The predicted molar refractivity (Wildman–Crippen MR) is 72.8 cm³/mol. The first-order chi connectivity index (χ1) is 8.26. The van der Waals surface area contributed by atoms with Crippen molar-refractivity contribution in [3.63, 3.8) is 0 Å². The summed E-state index contributed by atoms with van der Waals surface area (Å²) in [5.74, 6) is 0.980. The second-order valence-corrected chi connectivity index (χ2v) is 5.44. The highest BCUT2D eigenvalue weighted by atomic mass is 79.9. The number of likely N-dealkylation sites (N-methyl/N-ethyl adjacent to an activating group) is 1. The molecule has 1 aliphatic rings. The van der Waals surface area contributed by atoms with Crippen molar-refractivity contribution < 1.29 is 4.42 Å².